The summed E-state index contributed by atoms with van der Waals surface area (Å²) in [4.78, 5) is 9.03. The third kappa shape index (κ3) is 3.73. The normalized spacial score (nSPS) is 16.6. The summed E-state index contributed by atoms with van der Waals surface area (Å²) >= 11 is 0. The minimum absolute atomic E-state index is 0.614. The molecule has 0 aliphatic carbocycles. The van der Waals surface area contributed by atoms with E-state index in [2.05, 4.69) is 35.5 Å². The van der Waals surface area contributed by atoms with Crippen LogP contribution in [-0.4, -0.2) is 68.9 Å². The average molecular weight is 332 g/mol. The zero-order valence-electron chi connectivity index (χ0n) is 14.4. The van der Waals surface area contributed by atoms with Gasteiger partial charge in [0.2, 0.25) is 0 Å². The van der Waals surface area contributed by atoms with Crippen LogP contribution in [0.15, 0.2) is 21.8 Å². The summed E-state index contributed by atoms with van der Waals surface area (Å²) in [6, 6.07) is 1.91. The predicted molar refractivity (Wildman–Crippen MR) is 89.3 cm³/mol. The van der Waals surface area contributed by atoms with Crippen molar-refractivity contribution in [1.82, 2.24) is 35.0 Å². The van der Waals surface area contributed by atoms with E-state index in [4.69, 9.17) is 4.52 Å². The summed E-state index contributed by atoms with van der Waals surface area (Å²) in [5.41, 5.74) is 0.976. The third-order valence-corrected chi connectivity index (χ3v) is 4.35. The maximum absolute atomic E-state index is 4.89. The van der Waals surface area contributed by atoms with Crippen LogP contribution in [0, 0.1) is 6.92 Å². The first-order valence-electron chi connectivity index (χ1n) is 8.09. The van der Waals surface area contributed by atoms with Crippen LogP contribution >= 0.6 is 0 Å². The second kappa shape index (κ2) is 7.43. The van der Waals surface area contributed by atoms with Crippen molar-refractivity contribution in [2.75, 3.05) is 33.2 Å². The number of hydrogen-bond acceptors (Lipinski definition) is 6. The smallest absolute Gasteiger partial charge is 0.194 e. The highest BCUT2D eigenvalue weighted by Crippen LogP contribution is 2.07. The Hall–Kier alpha value is -2.42. The summed E-state index contributed by atoms with van der Waals surface area (Å²) < 4.78 is 6.87. The Bertz CT molecular complexity index is 670. The number of nitrogens with one attached hydrogen (secondary N) is 1. The topological polar surface area (TPSA) is 87.6 Å². The molecule has 0 unspecified atom stereocenters. The van der Waals surface area contributed by atoms with E-state index in [1.165, 1.54) is 0 Å². The Balaban J connectivity index is 1.49. The van der Waals surface area contributed by atoms with Gasteiger partial charge in [-0.2, -0.15) is 0 Å². The lowest BCUT2D eigenvalue weighted by Crippen LogP contribution is -2.52. The molecule has 1 aliphatic rings. The van der Waals surface area contributed by atoms with Crippen LogP contribution < -0.4 is 5.32 Å². The lowest BCUT2D eigenvalue weighted by Gasteiger charge is -2.36. The van der Waals surface area contributed by atoms with Gasteiger partial charge in [0, 0.05) is 52.9 Å². The van der Waals surface area contributed by atoms with Crippen molar-refractivity contribution in [3.8, 4) is 0 Å². The van der Waals surface area contributed by atoms with E-state index >= 15 is 0 Å². The Morgan fingerprint density at radius 3 is 2.67 bits per heavy atom. The molecule has 3 rings (SSSR count). The SMILES string of the molecule is CN=C(NCc1nnc(C)n1C)N1CCN(Cc2ccon2)CC1. The standard InChI is InChI=1S/C15H24N8O/c1-12-18-19-14(21(12)3)10-17-15(16-2)23-7-5-22(6-8-23)11-13-4-9-24-20-13/h4,9H,5-8,10-11H2,1-3H3,(H,16,17). The van der Waals surface area contributed by atoms with Crippen LogP contribution in [0.2, 0.25) is 0 Å². The van der Waals surface area contributed by atoms with Crippen molar-refractivity contribution < 1.29 is 4.52 Å². The molecule has 9 nitrogen and oxygen atoms in total. The van der Waals surface area contributed by atoms with Crippen LogP contribution in [0.1, 0.15) is 17.3 Å². The van der Waals surface area contributed by atoms with Crippen LogP contribution in [0.3, 0.4) is 0 Å². The first-order chi connectivity index (χ1) is 11.7. The fourth-order valence-corrected chi connectivity index (χ4v) is 2.76. The Morgan fingerprint density at radius 2 is 2.08 bits per heavy atom. The first-order valence-corrected chi connectivity index (χ1v) is 8.09. The van der Waals surface area contributed by atoms with Gasteiger partial charge in [-0.25, -0.2) is 0 Å². The maximum atomic E-state index is 4.89. The fourth-order valence-electron chi connectivity index (χ4n) is 2.76. The summed E-state index contributed by atoms with van der Waals surface area (Å²) in [7, 11) is 3.78. The Labute approximate surface area is 141 Å². The number of aliphatic imine (C=N–C) groups is 1. The van der Waals surface area contributed by atoms with E-state index in [9.17, 15) is 0 Å². The highest BCUT2D eigenvalue weighted by Gasteiger charge is 2.20. The van der Waals surface area contributed by atoms with Gasteiger partial charge < -0.3 is 19.3 Å². The van der Waals surface area contributed by atoms with E-state index in [-0.39, 0.29) is 0 Å². The van der Waals surface area contributed by atoms with E-state index < -0.39 is 0 Å². The van der Waals surface area contributed by atoms with Crippen LogP contribution in [-0.2, 0) is 20.1 Å². The Morgan fingerprint density at radius 1 is 1.29 bits per heavy atom. The highest BCUT2D eigenvalue weighted by molar-refractivity contribution is 5.79. The van der Waals surface area contributed by atoms with Gasteiger partial charge in [-0.1, -0.05) is 5.16 Å². The lowest BCUT2D eigenvalue weighted by molar-refractivity contribution is 0.169. The summed E-state index contributed by atoms with van der Waals surface area (Å²) in [6.07, 6.45) is 1.62. The van der Waals surface area contributed by atoms with Crippen LogP contribution in [0.5, 0.6) is 0 Å². The van der Waals surface area contributed by atoms with E-state index in [0.717, 1.165) is 56.0 Å². The first kappa shape index (κ1) is 16.4. The highest BCUT2D eigenvalue weighted by atomic mass is 16.5. The second-order valence-corrected chi connectivity index (χ2v) is 5.88. The molecule has 0 atom stereocenters. The predicted octanol–water partition coefficient (Wildman–Crippen LogP) is 0.00472. The molecular weight excluding hydrogens is 308 g/mol. The Kier molecular flexibility index (Phi) is 5.09. The van der Waals surface area contributed by atoms with Gasteiger partial charge in [0.25, 0.3) is 0 Å². The van der Waals surface area contributed by atoms with Crippen molar-refractivity contribution in [2.45, 2.75) is 20.0 Å². The molecule has 0 radical (unpaired) electrons. The zero-order chi connectivity index (χ0) is 16.9. The minimum atomic E-state index is 0.614. The number of aryl methyl sites for hydroxylation is 1. The molecule has 9 heteroatoms. The van der Waals surface area contributed by atoms with Gasteiger partial charge in [0.15, 0.2) is 11.8 Å². The number of guanidine groups is 1. The molecule has 0 amide bonds. The largest absolute Gasteiger partial charge is 0.364 e. The molecule has 2 aromatic heterocycles. The quantitative estimate of drug-likeness (QED) is 0.623. The van der Waals surface area contributed by atoms with Gasteiger partial charge in [0.1, 0.15) is 12.1 Å². The molecule has 0 spiro atoms. The minimum Gasteiger partial charge on any atom is -0.364 e. The molecule has 1 fully saturated rings. The zero-order valence-corrected chi connectivity index (χ0v) is 14.4. The van der Waals surface area contributed by atoms with Gasteiger partial charge in [-0.3, -0.25) is 9.89 Å². The summed E-state index contributed by atoms with van der Waals surface area (Å²) in [6.45, 7) is 7.18. The molecule has 1 N–H and O–H groups in total. The van der Waals surface area contributed by atoms with Gasteiger partial charge >= 0.3 is 0 Å². The number of piperazine rings is 1. The molecule has 0 saturated carbocycles. The van der Waals surface area contributed by atoms with Crippen LogP contribution in [0.4, 0.5) is 0 Å². The monoisotopic (exact) mass is 332 g/mol. The van der Waals surface area contributed by atoms with Gasteiger partial charge in [-0.05, 0) is 6.92 Å². The average Bonchev–Trinajstić information content (AvgIpc) is 3.21. The van der Waals surface area contributed by atoms with E-state index in [1.807, 2.05) is 31.7 Å². The number of nitrogens with zero attached hydrogens (tertiary/aromatic N) is 7. The van der Waals surface area contributed by atoms with Crippen molar-refractivity contribution in [3.63, 3.8) is 0 Å². The molecule has 1 aliphatic heterocycles. The van der Waals surface area contributed by atoms with Crippen LogP contribution in [0.25, 0.3) is 0 Å². The molecule has 24 heavy (non-hydrogen) atoms. The molecule has 3 heterocycles. The number of aromatic nitrogens is 4. The fraction of sp³-hybridized carbons (Fsp3) is 0.600. The summed E-state index contributed by atoms with van der Waals surface area (Å²) in [5, 5.41) is 15.6. The second-order valence-electron chi connectivity index (χ2n) is 5.88. The lowest BCUT2D eigenvalue weighted by atomic mass is 10.3. The number of rotatable bonds is 4. The molecular formula is C15H24N8O. The summed E-state index contributed by atoms with van der Waals surface area (Å²) in [5.74, 6) is 2.71. The van der Waals surface area contributed by atoms with E-state index in [1.54, 1.807) is 6.26 Å². The van der Waals surface area contributed by atoms with Crippen molar-refractivity contribution in [2.24, 2.45) is 12.0 Å². The third-order valence-electron chi connectivity index (χ3n) is 4.35. The number of hydrogen-bond donors (Lipinski definition) is 1. The molecule has 1 saturated heterocycles. The molecule has 0 aromatic carbocycles. The van der Waals surface area contributed by atoms with Crippen molar-refractivity contribution in [3.05, 3.63) is 29.7 Å². The van der Waals surface area contributed by atoms with Crippen molar-refractivity contribution >= 4 is 5.96 Å². The van der Waals surface area contributed by atoms with E-state index in [0.29, 0.717) is 6.54 Å². The molecule has 2 aromatic rings. The van der Waals surface area contributed by atoms with Crippen molar-refractivity contribution in [1.29, 1.82) is 0 Å². The van der Waals surface area contributed by atoms with Gasteiger partial charge in [-0.15, -0.1) is 10.2 Å². The molecule has 130 valence electrons. The molecule has 0 bridgehead atoms. The van der Waals surface area contributed by atoms with Gasteiger partial charge in [0.05, 0.1) is 12.2 Å². The maximum Gasteiger partial charge on any atom is 0.194 e.